The molecule has 2 aromatic heterocycles. The van der Waals surface area contributed by atoms with E-state index in [1.807, 2.05) is 36.4 Å². The molecule has 272 valence electrons. The summed E-state index contributed by atoms with van der Waals surface area (Å²) < 4.78 is 13.0. The molecular weight excluding hydrogens is 709 g/mol. The lowest BCUT2D eigenvalue weighted by Gasteiger charge is -2.28. The van der Waals surface area contributed by atoms with E-state index >= 15 is 0 Å². The smallest absolute Gasteiger partial charge is 0.227 e. The zero-order valence-electron chi connectivity index (χ0n) is 31.6. The van der Waals surface area contributed by atoms with Crippen molar-refractivity contribution < 1.29 is 8.83 Å². The van der Waals surface area contributed by atoms with E-state index in [9.17, 15) is 0 Å². The van der Waals surface area contributed by atoms with Crippen molar-refractivity contribution in [3.05, 3.63) is 205 Å². The Kier molecular flexibility index (Phi) is 7.02. The van der Waals surface area contributed by atoms with E-state index in [2.05, 4.69) is 159 Å². The monoisotopic (exact) mass is 742 g/mol. The Bertz CT molecular complexity index is 3300. The summed E-state index contributed by atoms with van der Waals surface area (Å²) in [4.78, 5) is 10.2. The van der Waals surface area contributed by atoms with E-state index in [-0.39, 0.29) is 5.41 Å². The standard InChI is InChI=1S/C54H34N2O2/c1-54(41-16-3-2-4-17-41)46-21-10-9-20-44(46)45-25-22-37(32-47(45)54)35-14-11-15-36(28-35)38-29-39(52-55-50-42-18-7-5-12-33(42)23-26-48(50)57-52)31-40(30-38)53-56-51-43-19-8-6-13-34(43)24-27-49(51)58-53/h2-32H,1H3. The summed E-state index contributed by atoms with van der Waals surface area (Å²) in [6.07, 6.45) is 0. The van der Waals surface area contributed by atoms with Crippen molar-refractivity contribution in [1.82, 2.24) is 9.97 Å². The molecule has 0 bridgehead atoms. The third-order valence-electron chi connectivity index (χ3n) is 12.2. The van der Waals surface area contributed by atoms with Gasteiger partial charge in [0.2, 0.25) is 11.8 Å². The Morgan fingerprint density at radius 1 is 0.379 bits per heavy atom. The van der Waals surface area contributed by atoms with Crippen LogP contribution in [0.15, 0.2) is 197 Å². The first-order chi connectivity index (χ1) is 28.6. The summed E-state index contributed by atoms with van der Waals surface area (Å²) in [7, 11) is 0. The molecule has 0 N–H and O–H groups in total. The maximum absolute atomic E-state index is 6.52. The van der Waals surface area contributed by atoms with Crippen molar-refractivity contribution in [3.63, 3.8) is 0 Å². The Hall–Kier alpha value is -7.56. The van der Waals surface area contributed by atoms with E-state index in [1.165, 1.54) is 33.4 Å². The SMILES string of the molecule is CC1(c2ccccc2)c2ccccc2-c2ccc(-c3cccc(-c4cc(-c5nc6c(ccc7ccccc76)o5)cc(-c5nc6c(ccc7ccccc76)o5)c4)c3)cc21. The molecule has 58 heavy (non-hydrogen) atoms. The third-order valence-corrected chi connectivity index (χ3v) is 12.2. The first kappa shape index (κ1) is 32.7. The van der Waals surface area contributed by atoms with E-state index in [0.29, 0.717) is 11.8 Å². The second kappa shape index (κ2) is 12.5. The molecule has 2 heterocycles. The predicted octanol–water partition coefficient (Wildman–Crippen LogP) is 14.3. The van der Waals surface area contributed by atoms with Gasteiger partial charge >= 0.3 is 0 Å². The van der Waals surface area contributed by atoms with E-state index in [4.69, 9.17) is 18.8 Å². The molecule has 0 radical (unpaired) electrons. The van der Waals surface area contributed by atoms with Crippen LogP contribution >= 0.6 is 0 Å². The summed E-state index contributed by atoms with van der Waals surface area (Å²) in [5.74, 6) is 1.09. The fourth-order valence-corrected chi connectivity index (χ4v) is 9.24. The van der Waals surface area contributed by atoms with Gasteiger partial charge in [0, 0.05) is 27.3 Å². The van der Waals surface area contributed by atoms with E-state index in [0.717, 1.165) is 71.6 Å². The molecule has 12 rings (SSSR count). The molecule has 0 fully saturated rings. The molecule has 0 aliphatic heterocycles. The molecule has 1 aliphatic carbocycles. The first-order valence-electron chi connectivity index (χ1n) is 19.7. The van der Waals surface area contributed by atoms with Crippen LogP contribution in [0.3, 0.4) is 0 Å². The summed E-state index contributed by atoms with van der Waals surface area (Å²) >= 11 is 0. The van der Waals surface area contributed by atoms with Crippen LogP contribution in [-0.4, -0.2) is 9.97 Å². The maximum Gasteiger partial charge on any atom is 0.227 e. The second-order valence-electron chi connectivity index (χ2n) is 15.5. The van der Waals surface area contributed by atoms with E-state index in [1.54, 1.807) is 0 Å². The van der Waals surface area contributed by atoms with Crippen LogP contribution in [0.1, 0.15) is 23.6 Å². The van der Waals surface area contributed by atoms with Crippen molar-refractivity contribution >= 4 is 43.7 Å². The van der Waals surface area contributed by atoms with Gasteiger partial charge in [0.1, 0.15) is 11.0 Å². The van der Waals surface area contributed by atoms with Crippen LogP contribution in [-0.2, 0) is 5.41 Å². The van der Waals surface area contributed by atoms with Gasteiger partial charge in [-0.15, -0.1) is 0 Å². The van der Waals surface area contributed by atoms with Crippen molar-refractivity contribution in [1.29, 1.82) is 0 Å². The number of rotatable bonds is 5. The Balaban J connectivity index is 1.02. The molecule has 0 saturated carbocycles. The number of benzene rings is 9. The number of hydrogen-bond donors (Lipinski definition) is 0. The molecule has 11 aromatic rings. The number of hydrogen-bond acceptors (Lipinski definition) is 4. The van der Waals surface area contributed by atoms with Gasteiger partial charge in [0.25, 0.3) is 0 Å². The van der Waals surface area contributed by atoms with Crippen LogP contribution < -0.4 is 0 Å². The minimum Gasteiger partial charge on any atom is -0.436 e. The number of aromatic nitrogens is 2. The average Bonchev–Trinajstić information content (AvgIpc) is 4.01. The summed E-state index contributed by atoms with van der Waals surface area (Å²) in [6, 6.07) is 66.7. The lowest BCUT2D eigenvalue weighted by Crippen LogP contribution is -2.22. The topological polar surface area (TPSA) is 52.1 Å². The largest absolute Gasteiger partial charge is 0.436 e. The molecule has 4 heteroatoms. The van der Waals surface area contributed by atoms with Crippen LogP contribution in [0.25, 0.3) is 100 Å². The number of nitrogens with zero attached hydrogens (tertiary/aromatic N) is 2. The fraction of sp³-hybridized carbons (Fsp3) is 0.0370. The molecule has 4 nitrogen and oxygen atoms in total. The minimum atomic E-state index is -0.278. The Morgan fingerprint density at radius 3 is 1.57 bits per heavy atom. The van der Waals surface area contributed by atoms with E-state index < -0.39 is 0 Å². The van der Waals surface area contributed by atoms with Crippen LogP contribution in [0.5, 0.6) is 0 Å². The molecule has 9 aromatic carbocycles. The van der Waals surface area contributed by atoms with Gasteiger partial charge in [-0.05, 0) is 110 Å². The van der Waals surface area contributed by atoms with Crippen LogP contribution in [0, 0.1) is 0 Å². The van der Waals surface area contributed by atoms with Gasteiger partial charge in [0.05, 0.1) is 0 Å². The zero-order valence-corrected chi connectivity index (χ0v) is 31.6. The Labute approximate surface area is 334 Å². The highest BCUT2D eigenvalue weighted by Crippen LogP contribution is 2.53. The van der Waals surface area contributed by atoms with Crippen molar-refractivity contribution in [2.24, 2.45) is 0 Å². The van der Waals surface area contributed by atoms with Gasteiger partial charge in [-0.1, -0.05) is 146 Å². The van der Waals surface area contributed by atoms with Crippen molar-refractivity contribution in [2.75, 3.05) is 0 Å². The van der Waals surface area contributed by atoms with Gasteiger partial charge in [-0.25, -0.2) is 9.97 Å². The quantitative estimate of drug-likeness (QED) is 0.176. The van der Waals surface area contributed by atoms with Crippen molar-refractivity contribution in [2.45, 2.75) is 12.3 Å². The summed E-state index contributed by atoms with van der Waals surface area (Å²) in [5.41, 5.74) is 15.5. The molecule has 0 amide bonds. The third kappa shape index (κ3) is 4.95. The average molecular weight is 743 g/mol. The lowest BCUT2D eigenvalue weighted by atomic mass is 9.74. The highest BCUT2D eigenvalue weighted by molar-refractivity contribution is 6.05. The minimum absolute atomic E-state index is 0.278. The predicted molar refractivity (Wildman–Crippen MR) is 236 cm³/mol. The number of fused-ring (bicyclic) bond motifs is 9. The normalized spacial score (nSPS) is 14.7. The van der Waals surface area contributed by atoms with Gasteiger partial charge < -0.3 is 8.83 Å². The van der Waals surface area contributed by atoms with Crippen LogP contribution in [0.2, 0.25) is 0 Å². The first-order valence-corrected chi connectivity index (χ1v) is 19.7. The van der Waals surface area contributed by atoms with Gasteiger partial charge in [-0.2, -0.15) is 0 Å². The highest BCUT2D eigenvalue weighted by Gasteiger charge is 2.40. The summed E-state index contributed by atoms with van der Waals surface area (Å²) in [6.45, 7) is 2.37. The van der Waals surface area contributed by atoms with Crippen molar-refractivity contribution in [3.8, 4) is 56.3 Å². The number of oxazole rings is 2. The highest BCUT2D eigenvalue weighted by atomic mass is 16.4. The second-order valence-corrected chi connectivity index (χ2v) is 15.5. The fourth-order valence-electron chi connectivity index (χ4n) is 9.24. The molecule has 0 spiro atoms. The Morgan fingerprint density at radius 2 is 0.897 bits per heavy atom. The van der Waals surface area contributed by atoms with Crippen LogP contribution in [0.4, 0.5) is 0 Å². The molecule has 1 unspecified atom stereocenters. The molecule has 1 atom stereocenters. The van der Waals surface area contributed by atoms with Gasteiger partial charge in [-0.3, -0.25) is 0 Å². The maximum atomic E-state index is 6.52. The molecule has 1 aliphatic rings. The molecule has 0 saturated heterocycles. The molecular formula is C54H34N2O2. The van der Waals surface area contributed by atoms with Gasteiger partial charge in [0.15, 0.2) is 11.2 Å². The zero-order chi connectivity index (χ0) is 38.4. The lowest BCUT2D eigenvalue weighted by molar-refractivity contribution is 0.617. The summed E-state index contributed by atoms with van der Waals surface area (Å²) in [5, 5.41) is 4.37.